The first-order valence-electron chi connectivity index (χ1n) is 8.94. The van der Waals surface area contributed by atoms with Crippen LogP contribution in [0, 0.1) is 0 Å². The van der Waals surface area contributed by atoms with Gasteiger partial charge in [0.05, 0.1) is 26.4 Å². The van der Waals surface area contributed by atoms with Crippen molar-refractivity contribution in [1.82, 2.24) is 9.88 Å². The first-order chi connectivity index (χ1) is 13.6. The number of rotatable bonds is 8. The highest BCUT2D eigenvalue weighted by Crippen LogP contribution is 2.23. The molecule has 2 aromatic carbocycles. The molecule has 0 spiro atoms. The molecule has 0 aliphatic carbocycles. The van der Waals surface area contributed by atoms with Gasteiger partial charge >= 0.3 is 0 Å². The molecule has 1 aromatic heterocycles. The molecular formula is C21H22ClN3O3. The van der Waals surface area contributed by atoms with Crippen molar-refractivity contribution < 1.29 is 13.9 Å². The molecular weight excluding hydrogens is 378 g/mol. The van der Waals surface area contributed by atoms with Crippen molar-refractivity contribution in [2.75, 3.05) is 25.5 Å². The van der Waals surface area contributed by atoms with Crippen LogP contribution >= 0.6 is 11.6 Å². The maximum atomic E-state index is 12.3. The van der Waals surface area contributed by atoms with Gasteiger partial charge in [-0.1, -0.05) is 18.5 Å². The van der Waals surface area contributed by atoms with Crippen molar-refractivity contribution in [1.29, 1.82) is 0 Å². The molecule has 146 valence electrons. The summed E-state index contributed by atoms with van der Waals surface area (Å²) in [5.74, 6) is 1.87. The normalized spacial score (nSPS) is 10.9. The number of aromatic nitrogens is 1. The molecule has 0 atom stereocenters. The Morgan fingerprint density at radius 1 is 1.18 bits per heavy atom. The molecule has 0 radical (unpaired) electrons. The van der Waals surface area contributed by atoms with Crippen LogP contribution < -0.4 is 10.1 Å². The Labute approximate surface area is 169 Å². The second-order valence-electron chi connectivity index (χ2n) is 6.21. The molecule has 0 unspecified atom stereocenters. The highest BCUT2D eigenvalue weighted by Gasteiger charge is 2.14. The van der Waals surface area contributed by atoms with Crippen LogP contribution in [-0.2, 0) is 11.3 Å². The summed E-state index contributed by atoms with van der Waals surface area (Å²) in [6, 6.07) is 14.6. The van der Waals surface area contributed by atoms with Gasteiger partial charge in [-0.05, 0) is 55.1 Å². The molecule has 0 aliphatic heterocycles. The molecule has 28 heavy (non-hydrogen) atoms. The highest BCUT2D eigenvalue weighted by molar-refractivity contribution is 6.30. The Morgan fingerprint density at radius 3 is 2.54 bits per heavy atom. The van der Waals surface area contributed by atoms with Crippen LogP contribution in [-0.4, -0.2) is 36.0 Å². The van der Waals surface area contributed by atoms with E-state index in [0.29, 0.717) is 29.8 Å². The second kappa shape index (κ2) is 9.39. The van der Waals surface area contributed by atoms with Crippen LogP contribution in [0.5, 0.6) is 5.75 Å². The zero-order valence-electron chi connectivity index (χ0n) is 15.8. The van der Waals surface area contributed by atoms with E-state index in [1.54, 1.807) is 49.7 Å². The number of nitrogens with one attached hydrogen (secondary N) is 1. The molecule has 0 bridgehead atoms. The van der Waals surface area contributed by atoms with Crippen molar-refractivity contribution >= 4 is 23.2 Å². The minimum atomic E-state index is -0.100. The van der Waals surface area contributed by atoms with Gasteiger partial charge in [0.25, 0.3) is 0 Å². The van der Waals surface area contributed by atoms with E-state index >= 15 is 0 Å². The molecule has 6 nitrogen and oxygen atoms in total. The number of ether oxygens (including phenoxy) is 1. The molecule has 0 aliphatic rings. The van der Waals surface area contributed by atoms with E-state index in [-0.39, 0.29) is 12.5 Å². The average molecular weight is 400 g/mol. The van der Waals surface area contributed by atoms with Crippen molar-refractivity contribution in [3.8, 4) is 17.1 Å². The van der Waals surface area contributed by atoms with Crippen LogP contribution in [0.25, 0.3) is 11.3 Å². The SMILES string of the molecule is CCN(CC(=O)Nc1ccc(OC)cc1)Cc1ncc(-c2ccc(Cl)cc2)o1. The Kier molecular flexibility index (Phi) is 6.68. The largest absolute Gasteiger partial charge is 0.497 e. The number of oxazole rings is 1. The predicted molar refractivity (Wildman–Crippen MR) is 110 cm³/mol. The first-order valence-corrected chi connectivity index (χ1v) is 9.32. The van der Waals surface area contributed by atoms with Gasteiger partial charge in [-0.15, -0.1) is 0 Å². The van der Waals surface area contributed by atoms with Gasteiger partial charge in [-0.2, -0.15) is 0 Å². The highest BCUT2D eigenvalue weighted by atomic mass is 35.5. The minimum absolute atomic E-state index is 0.100. The van der Waals surface area contributed by atoms with E-state index in [2.05, 4.69) is 10.3 Å². The number of carbonyl (C=O) groups is 1. The number of benzene rings is 2. The lowest BCUT2D eigenvalue weighted by Crippen LogP contribution is -2.32. The summed E-state index contributed by atoms with van der Waals surface area (Å²) < 4.78 is 10.9. The third-order valence-corrected chi connectivity index (χ3v) is 4.48. The second-order valence-corrected chi connectivity index (χ2v) is 6.64. The Balaban J connectivity index is 1.57. The maximum Gasteiger partial charge on any atom is 0.238 e. The maximum absolute atomic E-state index is 12.3. The first kappa shape index (κ1) is 19.9. The zero-order chi connectivity index (χ0) is 19.9. The van der Waals surface area contributed by atoms with Gasteiger partial charge in [0.15, 0.2) is 5.76 Å². The van der Waals surface area contributed by atoms with Crippen LogP contribution in [0.15, 0.2) is 59.1 Å². The lowest BCUT2D eigenvalue weighted by molar-refractivity contribution is -0.117. The summed E-state index contributed by atoms with van der Waals surface area (Å²) in [5, 5.41) is 3.55. The fraction of sp³-hybridized carbons (Fsp3) is 0.238. The average Bonchev–Trinajstić information content (AvgIpc) is 3.17. The number of nitrogens with zero attached hydrogens (tertiary/aromatic N) is 2. The van der Waals surface area contributed by atoms with Crippen LogP contribution in [0.3, 0.4) is 0 Å². The zero-order valence-corrected chi connectivity index (χ0v) is 16.6. The quantitative estimate of drug-likeness (QED) is 0.605. The van der Waals surface area contributed by atoms with Gasteiger partial charge in [0, 0.05) is 16.3 Å². The Hall–Kier alpha value is -2.83. The summed E-state index contributed by atoms with van der Waals surface area (Å²) in [6.45, 7) is 3.36. The number of anilines is 1. The monoisotopic (exact) mass is 399 g/mol. The minimum Gasteiger partial charge on any atom is -0.497 e. The number of methoxy groups -OCH3 is 1. The van der Waals surface area contributed by atoms with Gasteiger partial charge in [-0.3, -0.25) is 9.69 Å². The van der Waals surface area contributed by atoms with E-state index in [4.69, 9.17) is 20.8 Å². The van der Waals surface area contributed by atoms with Crippen molar-refractivity contribution in [3.05, 3.63) is 65.6 Å². The number of hydrogen-bond acceptors (Lipinski definition) is 5. The van der Waals surface area contributed by atoms with Crippen LogP contribution in [0.2, 0.25) is 5.02 Å². The smallest absolute Gasteiger partial charge is 0.238 e. The van der Waals surface area contributed by atoms with Crippen molar-refractivity contribution in [2.24, 2.45) is 0 Å². The lowest BCUT2D eigenvalue weighted by Gasteiger charge is -2.18. The molecule has 0 fully saturated rings. The molecule has 1 amide bonds. The Bertz CT molecular complexity index is 907. The van der Waals surface area contributed by atoms with E-state index in [0.717, 1.165) is 17.0 Å². The molecule has 1 heterocycles. The van der Waals surface area contributed by atoms with E-state index in [9.17, 15) is 4.79 Å². The molecule has 3 aromatic rings. The fourth-order valence-corrected chi connectivity index (χ4v) is 2.81. The van der Waals surface area contributed by atoms with Gasteiger partial charge < -0.3 is 14.5 Å². The molecule has 3 rings (SSSR count). The molecule has 0 saturated heterocycles. The van der Waals surface area contributed by atoms with Gasteiger partial charge in [0.1, 0.15) is 5.75 Å². The number of carbonyl (C=O) groups excluding carboxylic acids is 1. The number of hydrogen-bond donors (Lipinski definition) is 1. The van der Waals surface area contributed by atoms with Crippen molar-refractivity contribution in [3.63, 3.8) is 0 Å². The summed E-state index contributed by atoms with van der Waals surface area (Å²) in [4.78, 5) is 18.6. The summed E-state index contributed by atoms with van der Waals surface area (Å²) in [6.07, 6.45) is 1.68. The van der Waals surface area contributed by atoms with Gasteiger partial charge in [0.2, 0.25) is 11.8 Å². The third kappa shape index (κ3) is 5.34. The van der Waals surface area contributed by atoms with E-state index < -0.39 is 0 Å². The predicted octanol–water partition coefficient (Wildman–Crippen LogP) is 4.46. The fourth-order valence-electron chi connectivity index (χ4n) is 2.68. The molecule has 1 N–H and O–H groups in total. The lowest BCUT2D eigenvalue weighted by atomic mass is 10.2. The summed E-state index contributed by atoms with van der Waals surface area (Å²) in [7, 11) is 1.60. The van der Waals surface area contributed by atoms with Crippen LogP contribution in [0.1, 0.15) is 12.8 Å². The number of likely N-dealkylation sites (N-methyl/N-ethyl adjacent to an activating group) is 1. The number of halogens is 1. The van der Waals surface area contributed by atoms with Crippen LogP contribution in [0.4, 0.5) is 5.69 Å². The van der Waals surface area contributed by atoms with E-state index in [1.165, 1.54) is 0 Å². The van der Waals surface area contributed by atoms with E-state index in [1.807, 2.05) is 24.0 Å². The molecule has 0 saturated carbocycles. The van der Waals surface area contributed by atoms with Gasteiger partial charge in [-0.25, -0.2) is 4.98 Å². The molecule has 7 heteroatoms. The number of amides is 1. The topological polar surface area (TPSA) is 67.6 Å². The van der Waals surface area contributed by atoms with Crippen molar-refractivity contribution in [2.45, 2.75) is 13.5 Å². The summed E-state index contributed by atoms with van der Waals surface area (Å²) in [5.41, 5.74) is 1.63. The summed E-state index contributed by atoms with van der Waals surface area (Å²) >= 11 is 5.92. The third-order valence-electron chi connectivity index (χ3n) is 4.23. The standard InChI is InChI=1S/C21H22ClN3O3/c1-3-25(13-20(26)24-17-8-10-18(27-2)11-9-17)14-21-23-12-19(28-21)15-4-6-16(22)7-5-15/h4-12H,3,13-14H2,1-2H3,(H,24,26). The Morgan fingerprint density at radius 2 is 1.89 bits per heavy atom.